The Morgan fingerprint density at radius 2 is 0.527 bits per heavy atom. The summed E-state index contributed by atoms with van der Waals surface area (Å²) in [7, 11) is 0. The fourth-order valence-electron chi connectivity index (χ4n) is 9.96. The molecule has 0 saturated heterocycles. The van der Waals surface area contributed by atoms with Crippen LogP contribution in [0.5, 0.6) is 0 Å². The average molecular weight is 774 g/mol. The quantitative estimate of drug-likeness (QED) is 0.0541. The zero-order chi connectivity index (χ0) is 40.5. The number of hydrogen-bond donors (Lipinski definition) is 0. The Morgan fingerprint density at radius 3 is 0.945 bits per heavy atom. The molecule has 0 amide bonds. The monoisotopic (exact) mass is 773 g/mol. The molecule has 0 aromatic carbocycles. The van der Waals surface area contributed by atoms with E-state index >= 15 is 0 Å². The van der Waals surface area contributed by atoms with E-state index in [1.54, 1.807) is 0 Å². The molecule has 5 atom stereocenters. The summed E-state index contributed by atoms with van der Waals surface area (Å²) in [5, 5.41) is 0. The molecule has 0 aromatic heterocycles. The zero-order valence-electron chi connectivity index (χ0n) is 40.5. The molecule has 0 aliphatic rings. The topological polar surface area (TPSA) is 0 Å². The van der Waals surface area contributed by atoms with Gasteiger partial charge in [0, 0.05) is 0 Å². The second-order valence-corrected chi connectivity index (χ2v) is 20.1. The van der Waals surface area contributed by atoms with E-state index in [0.717, 1.165) is 35.5 Å². The molecule has 0 nitrogen and oxygen atoms in total. The molecule has 5 unspecified atom stereocenters. The van der Waals surface area contributed by atoms with Gasteiger partial charge >= 0.3 is 0 Å². The van der Waals surface area contributed by atoms with E-state index in [4.69, 9.17) is 0 Å². The summed E-state index contributed by atoms with van der Waals surface area (Å²) in [6.07, 6.45) is 60.2. The summed E-state index contributed by atoms with van der Waals surface area (Å²) in [6.45, 7) is 19.6. The van der Waals surface area contributed by atoms with E-state index < -0.39 is 0 Å². The van der Waals surface area contributed by atoms with Gasteiger partial charge in [0.1, 0.15) is 0 Å². The van der Waals surface area contributed by atoms with Crippen LogP contribution in [0.3, 0.4) is 0 Å². The van der Waals surface area contributed by atoms with Crippen LogP contribution in [0.15, 0.2) is 0 Å². The van der Waals surface area contributed by atoms with Crippen LogP contribution in [0.2, 0.25) is 0 Å². The van der Waals surface area contributed by atoms with Crippen molar-refractivity contribution in [2.24, 2.45) is 35.5 Å². The van der Waals surface area contributed by atoms with Gasteiger partial charge in [0.25, 0.3) is 0 Å². The maximum absolute atomic E-state index is 2.65. The number of hydrogen-bond acceptors (Lipinski definition) is 0. The molecular formula is C55H112. The maximum atomic E-state index is 2.65. The van der Waals surface area contributed by atoms with E-state index in [1.165, 1.54) is 263 Å². The third-order valence-electron chi connectivity index (χ3n) is 14.4. The van der Waals surface area contributed by atoms with Crippen molar-refractivity contribution in [1.82, 2.24) is 0 Å². The zero-order valence-corrected chi connectivity index (χ0v) is 40.5. The van der Waals surface area contributed by atoms with Crippen molar-refractivity contribution in [3.8, 4) is 0 Å². The van der Waals surface area contributed by atoms with E-state index in [0.29, 0.717) is 0 Å². The van der Waals surface area contributed by atoms with E-state index in [-0.39, 0.29) is 0 Å². The molecule has 55 heavy (non-hydrogen) atoms. The Labute approximate surface area is 352 Å². The smallest absolute Gasteiger partial charge is 0.0388 e. The van der Waals surface area contributed by atoms with Gasteiger partial charge in [-0.05, 0) is 35.5 Å². The standard InChI is InChI=1S/C55H112/c1-9-13-17-20-23-24-26-29-35-44-54(50(5)6)45-39-38-41-52(8)55(46-36-28-22-19-15-11-3)47-37-31-30-33-40-51(7)48-49-53(42-32-16-12-4)43-34-27-25-21-18-14-10-2/h50-55H,9-49H2,1-8H3. The van der Waals surface area contributed by atoms with Gasteiger partial charge < -0.3 is 0 Å². The first-order valence-electron chi connectivity index (χ1n) is 26.9. The SMILES string of the molecule is CCCCCCCCCCCC(CCCCC(C)C(CCCCCCCC)CCCCCCC(C)CCC(CCCCC)CCCCCCCCC)C(C)C. The molecule has 0 heterocycles. The van der Waals surface area contributed by atoms with Gasteiger partial charge in [-0.25, -0.2) is 0 Å². The summed E-state index contributed by atoms with van der Waals surface area (Å²) in [5.74, 6) is 5.68. The second kappa shape index (κ2) is 43.6. The number of rotatable bonds is 46. The van der Waals surface area contributed by atoms with Crippen molar-refractivity contribution < 1.29 is 0 Å². The molecule has 0 aliphatic heterocycles. The molecule has 0 bridgehead atoms. The first kappa shape index (κ1) is 55.0. The van der Waals surface area contributed by atoms with Crippen molar-refractivity contribution in [3.05, 3.63) is 0 Å². The molecule has 0 spiro atoms. The van der Waals surface area contributed by atoms with E-state index in [2.05, 4.69) is 55.4 Å². The van der Waals surface area contributed by atoms with Crippen LogP contribution in [0.25, 0.3) is 0 Å². The molecular weight excluding hydrogens is 661 g/mol. The molecule has 332 valence electrons. The molecule has 0 radical (unpaired) electrons. The lowest BCUT2D eigenvalue weighted by molar-refractivity contribution is 0.264. The maximum Gasteiger partial charge on any atom is -0.0388 e. The highest BCUT2D eigenvalue weighted by Gasteiger charge is 2.18. The minimum absolute atomic E-state index is 0.863. The van der Waals surface area contributed by atoms with Crippen molar-refractivity contribution in [2.75, 3.05) is 0 Å². The third kappa shape index (κ3) is 38.0. The van der Waals surface area contributed by atoms with Crippen molar-refractivity contribution >= 4 is 0 Å². The van der Waals surface area contributed by atoms with Crippen molar-refractivity contribution in [2.45, 2.75) is 319 Å². The minimum atomic E-state index is 0.863. The molecule has 0 fully saturated rings. The largest absolute Gasteiger partial charge is 0.0654 e. The van der Waals surface area contributed by atoms with Gasteiger partial charge in [-0.1, -0.05) is 319 Å². The van der Waals surface area contributed by atoms with Crippen LogP contribution in [-0.4, -0.2) is 0 Å². The van der Waals surface area contributed by atoms with Crippen molar-refractivity contribution in [3.63, 3.8) is 0 Å². The summed E-state index contributed by atoms with van der Waals surface area (Å²) in [6, 6.07) is 0. The minimum Gasteiger partial charge on any atom is -0.0654 e. The van der Waals surface area contributed by atoms with Crippen LogP contribution in [-0.2, 0) is 0 Å². The Morgan fingerprint density at radius 1 is 0.236 bits per heavy atom. The fourth-order valence-corrected chi connectivity index (χ4v) is 9.96. The lowest BCUT2D eigenvalue weighted by Crippen LogP contribution is -2.13. The normalized spacial score (nSPS) is 14.8. The Balaban J connectivity index is 4.50. The van der Waals surface area contributed by atoms with Crippen LogP contribution >= 0.6 is 0 Å². The second-order valence-electron chi connectivity index (χ2n) is 20.1. The Kier molecular flexibility index (Phi) is 43.6. The lowest BCUT2D eigenvalue weighted by Gasteiger charge is -2.25. The first-order chi connectivity index (χ1) is 26.9. The highest BCUT2D eigenvalue weighted by molar-refractivity contribution is 4.71. The summed E-state index contributed by atoms with van der Waals surface area (Å²) >= 11 is 0. The summed E-state index contributed by atoms with van der Waals surface area (Å²) < 4.78 is 0. The molecule has 0 heteroatoms. The van der Waals surface area contributed by atoms with Crippen LogP contribution in [0, 0.1) is 35.5 Å². The highest BCUT2D eigenvalue weighted by atomic mass is 14.2. The van der Waals surface area contributed by atoms with Crippen LogP contribution in [0.1, 0.15) is 319 Å². The highest BCUT2D eigenvalue weighted by Crippen LogP contribution is 2.32. The molecule has 0 N–H and O–H groups in total. The van der Waals surface area contributed by atoms with Gasteiger partial charge in [-0.3, -0.25) is 0 Å². The van der Waals surface area contributed by atoms with Gasteiger partial charge in [-0.2, -0.15) is 0 Å². The van der Waals surface area contributed by atoms with Gasteiger partial charge in [0.15, 0.2) is 0 Å². The molecule has 0 aromatic rings. The average Bonchev–Trinajstić information content (AvgIpc) is 3.17. The van der Waals surface area contributed by atoms with Crippen LogP contribution in [0.4, 0.5) is 0 Å². The summed E-state index contributed by atoms with van der Waals surface area (Å²) in [5.41, 5.74) is 0. The lowest BCUT2D eigenvalue weighted by atomic mass is 9.80. The van der Waals surface area contributed by atoms with E-state index in [1.807, 2.05) is 0 Å². The van der Waals surface area contributed by atoms with Gasteiger partial charge in [0.05, 0.1) is 0 Å². The molecule has 0 aliphatic carbocycles. The first-order valence-corrected chi connectivity index (χ1v) is 26.9. The van der Waals surface area contributed by atoms with Gasteiger partial charge in [-0.15, -0.1) is 0 Å². The van der Waals surface area contributed by atoms with Gasteiger partial charge in [0.2, 0.25) is 0 Å². The third-order valence-corrected chi connectivity index (χ3v) is 14.4. The number of unbranched alkanes of at least 4 members (excludes halogenated alkanes) is 25. The predicted molar refractivity (Wildman–Crippen MR) is 256 cm³/mol. The fraction of sp³-hybridized carbons (Fsp3) is 1.00. The Bertz CT molecular complexity index is 692. The predicted octanol–water partition coefficient (Wildman–Crippen LogP) is 20.8. The Hall–Kier alpha value is 0. The van der Waals surface area contributed by atoms with Crippen molar-refractivity contribution in [1.29, 1.82) is 0 Å². The summed E-state index contributed by atoms with van der Waals surface area (Å²) in [4.78, 5) is 0. The molecule has 0 rings (SSSR count). The molecule has 0 saturated carbocycles. The van der Waals surface area contributed by atoms with Crippen LogP contribution < -0.4 is 0 Å². The van der Waals surface area contributed by atoms with E-state index in [9.17, 15) is 0 Å².